The Labute approximate surface area is 291 Å². The monoisotopic (exact) mass is 683 g/mol. The zero-order chi connectivity index (χ0) is 34.7. The highest BCUT2D eigenvalue weighted by Gasteiger charge is 2.33. The number of hydrazine groups is 1. The van der Waals surface area contributed by atoms with Crippen molar-refractivity contribution >= 4 is 51.6 Å². The van der Waals surface area contributed by atoms with Gasteiger partial charge in [0.15, 0.2) is 5.84 Å². The number of aromatic nitrogens is 1. The van der Waals surface area contributed by atoms with Crippen molar-refractivity contribution in [2.75, 3.05) is 63.6 Å². The number of nitrogens with two attached hydrogens (primary N) is 1. The van der Waals surface area contributed by atoms with Crippen molar-refractivity contribution in [3.8, 4) is 5.75 Å². The highest BCUT2D eigenvalue weighted by atomic mass is 32.1. The Morgan fingerprint density at radius 2 is 1.98 bits per heavy atom. The van der Waals surface area contributed by atoms with Gasteiger partial charge >= 0.3 is 0 Å². The predicted octanol–water partition coefficient (Wildman–Crippen LogP) is 4.07. The fourth-order valence-corrected chi connectivity index (χ4v) is 7.34. The number of likely N-dealkylation sites (tertiary alicyclic amines) is 1. The lowest BCUT2D eigenvalue weighted by Gasteiger charge is -2.28. The van der Waals surface area contributed by atoms with E-state index >= 15 is 0 Å². The van der Waals surface area contributed by atoms with Crippen LogP contribution in [0.4, 0.5) is 11.4 Å². The molecule has 6 rings (SSSR count). The zero-order valence-electron chi connectivity index (χ0n) is 28.6. The van der Waals surface area contributed by atoms with Crippen LogP contribution in [0.5, 0.6) is 5.75 Å². The standard InChI is InChI=1S/C36H45N9O3S/c1-5-45(27-8-11-30(37)29(18-27)33(38)24-6-9-28(10-7-24)48-23(2)3)36(47)26-12-15-43(20-26)21-32(46)44-16-13-25(14-17-44)35-39-19-31(49-35)34-40-22-42(4)41-34/h6-11,13,18-19,23,26,38H,5,12,14-17,20-22,37H2,1-4H3,(H,40,41)/t26-/m1/s1. The first-order valence-electron chi connectivity index (χ1n) is 16.8. The second kappa shape index (κ2) is 14.9. The number of ether oxygens (including phenoxy) is 1. The molecule has 0 bridgehead atoms. The lowest BCUT2D eigenvalue weighted by molar-refractivity contribution is -0.132. The summed E-state index contributed by atoms with van der Waals surface area (Å²) >= 11 is 1.62. The first-order valence-corrected chi connectivity index (χ1v) is 17.7. The van der Waals surface area contributed by atoms with Gasteiger partial charge < -0.3 is 25.7 Å². The Morgan fingerprint density at radius 1 is 1.18 bits per heavy atom. The molecule has 3 aromatic rings. The van der Waals surface area contributed by atoms with Gasteiger partial charge in [-0.25, -0.2) is 15.0 Å². The van der Waals surface area contributed by atoms with Crippen molar-refractivity contribution in [1.82, 2.24) is 25.2 Å². The molecule has 0 unspecified atom stereocenters. The number of hydrogen-bond donors (Lipinski definition) is 3. The van der Waals surface area contributed by atoms with Crippen LogP contribution in [0.1, 0.15) is 54.6 Å². The zero-order valence-corrected chi connectivity index (χ0v) is 29.4. The highest BCUT2D eigenvalue weighted by molar-refractivity contribution is 7.14. The van der Waals surface area contributed by atoms with Crippen molar-refractivity contribution in [1.29, 1.82) is 5.41 Å². The van der Waals surface area contributed by atoms with Crippen LogP contribution in [0.2, 0.25) is 0 Å². The molecule has 49 heavy (non-hydrogen) atoms. The molecule has 3 aliphatic heterocycles. The molecule has 4 N–H and O–H groups in total. The van der Waals surface area contributed by atoms with Crippen LogP contribution < -0.4 is 20.8 Å². The van der Waals surface area contributed by atoms with Gasteiger partial charge in [-0.3, -0.25) is 19.9 Å². The number of amidine groups is 1. The molecule has 0 radical (unpaired) electrons. The maximum absolute atomic E-state index is 13.8. The van der Waals surface area contributed by atoms with Crippen molar-refractivity contribution in [3.05, 3.63) is 75.7 Å². The van der Waals surface area contributed by atoms with Crippen molar-refractivity contribution in [2.24, 2.45) is 10.9 Å². The normalized spacial score (nSPS) is 18.3. The van der Waals surface area contributed by atoms with Crippen LogP contribution in [0.3, 0.4) is 0 Å². The number of nitrogens with zero attached hydrogens (tertiary/aromatic N) is 6. The van der Waals surface area contributed by atoms with E-state index in [4.69, 9.17) is 15.9 Å². The van der Waals surface area contributed by atoms with Gasteiger partial charge in [0.1, 0.15) is 17.4 Å². The molecular formula is C36H45N9O3S. The quantitative estimate of drug-likeness (QED) is 0.203. The number of thiazole rings is 1. The van der Waals surface area contributed by atoms with Gasteiger partial charge in [0.05, 0.1) is 29.2 Å². The van der Waals surface area contributed by atoms with E-state index in [1.165, 1.54) is 0 Å². The molecule has 2 aromatic carbocycles. The lowest BCUT2D eigenvalue weighted by atomic mass is 9.99. The summed E-state index contributed by atoms with van der Waals surface area (Å²) in [6.07, 6.45) is 5.47. The third-order valence-electron chi connectivity index (χ3n) is 9.01. The summed E-state index contributed by atoms with van der Waals surface area (Å²) < 4.78 is 5.74. The molecule has 0 spiro atoms. The number of benzene rings is 2. The number of amides is 2. The second-order valence-electron chi connectivity index (χ2n) is 12.9. The molecule has 1 atom stereocenters. The minimum Gasteiger partial charge on any atom is -0.491 e. The van der Waals surface area contributed by atoms with Crippen LogP contribution in [-0.4, -0.2) is 102 Å². The van der Waals surface area contributed by atoms with E-state index in [1.807, 2.05) is 80.3 Å². The molecule has 0 aliphatic carbocycles. The average Bonchev–Trinajstić information content (AvgIpc) is 3.87. The van der Waals surface area contributed by atoms with Gasteiger partial charge in [-0.15, -0.1) is 11.3 Å². The topological polar surface area (TPSA) is 143 Å². The summed E-state index contributed by atoms with van der Waals surface area (Å²) in [6.45, 7) is 9.71. The summed E-state index contributed by atoms with van der Waals surface area (Å²) in [4.78, 5) is 43.0. The highest BCUT2D eigenvalue weighted by Crippen LogP contribution is 2.29. The minimum absolute atomic E-state index is 0.0219. The molecule has 0 saturated carbocycles. The van der Waals surface area contributed by atoms with E-state index < -0.39 is 0 Å². The molecule has 12 nitrogen and oxygen atoms in total. The SMILES string of the molecule is CCN(C(=O)[C@@H]1CCN(CC(=O)N2CC=C(c3ncc(C4=NCN(C)N4)s3)CC2)C1)c1ccc(N)c(C(=N)c2ccc(OC(C)C)cc2)c1. The summed E-state index contributed by atoms with van der Waals surface area (Å²) in [5.74, 6) is 1.47. The number of hydrogen-bond acceptors (Lipinski definition) is 11. The molecule has 258 valence electrons. The second-order valence-corrected chi connectivity index (χ2v) is 14.0. The molecule has 13 heteroatoms. The number of carbonyl (C=O) groups excluding carboxylic acids is 2. The van der Waals surface area contributed by atoms with Crippen molar-refractivity contribution < 1.29 is 14.3 Å². The van der Waals surface area contributed by atoms with E-state index in [0.29, 0.717) is 74.9 Å². The van der Waals surface area contributed by atoms with E-state index in [0.717, 1.165) is 33.5 Å². The third kappa shape index (κ3) is 7.85. The number of anilines is 2. The number of carbonyl (C=O) groups is 2. The number of nitrogen functional groups attached to an aromatic ring is 1. The van der Waals surface area contributed by atoms with Crippen LogP contribution in [0, 0.1) is 11.3 Å². The van der Waals surface area contributed by atoms with E-state index in [9.17, 15) is 9.59 Å². The molecule has 3 aliphatic rings. The Hall–Kier alpha value is -4.59. The molecule has 1 fully saturated rings. The van der Waals surface area contributed by atoms with Crippen LogP contribution in [0.25, 0.3) is 5.57 Å². The Kier molecular flexibility index (Phi) is 10.4. The molecule has 2 amide bonds. The predicted molar refractivity (Wildman–Crippen MR) is 195 cm³/mol. The smallest absolute Gasteiger partial charge is 0.237 e. The van der Waals surface area contributed by atoms with Gasteiger partial charge in [0.25, 0.3) is 0 Å². The maximum atomic E-state index is 13.8. The van der Waals surface area contributed by atoms with Gasteiger partial charge in [-0.05, 0) is 88.2 Å². The summed E-state index contributed by atoms with van der Waals surface area (Å²) in [5.41, 5.74) is 13.5. The molecule has 4 heterocycles. The first kappa shape index (κ1) is 34.3. The van der Waals surface area contributed by atoms with Gasteiger partial charge in [-0.2, -0.15) is 0 Å². The van der Waals surface area contributed by atoms with Crippen LogP contribution in [-0.2, 0) is 9.59 Å². The molecule has 1 aromatic heterocycles. The van der Waals surface area contributed by atoms with Crippen molar-refractivity contribution in [2.45, 2.75) is 39.7 Å². The summed E-state index contributed by atoms with van der Waals surface area (Å²) in [7, 11) is 1.95. The van der Waals surface area contributed by atoms with Crippen molar-refractivity contribution in [3.63, 3.8) is 0 Å². The molecular weight excluding hydrogens is 639 g/mol. The largest absolute Gasteiger partial charge is 0.491 e. The Morgan fingerprint density at radius 3 is 2.65 bits per heavy atom. The van der Waals surface area contributed by atoms with Crippen LogP contribution in [0.15, 0.2) is 59.7 Å². The summed E-state index contributed by atoms with van der Waals surface area (Å²) in [6, 6.07) is 12.8. The lowest BCUT2D eigenvalue weighted by Crippen LogP contribution is -2.42. The summed E-state index contributed by atoms with van der Waals surface area (Å²) in [5, 5.41) is 11.8. The number of nitrogens with one attached hydrogen (secondary N) is 2. The van der Waals surface area contributed by atoms with E-state index in [2.05, 4.69) is 26.4 Å². The average molecular weight is 684 g/mol. The Bertz CT molecular complexity index is 1770. The number of rotatable bonds is 11. The van der Waals surface area contributed by atoms with E-state index in [1.54, 1.807) is 22.3 Å². The maximum Gasteiger partial charge on any atom is 0.237 e. The van der Waals surface area contributed by atoms with Gasteiger partial charge in [-0.1, -0.05) is 6.08 Å². The minimum atomic E-state index is -0.215. The fourth-order valence-electron chi connectivity index (χ4n) is 6.39. The Balaban J connectivity index is 1.04. The fraction of sp³-hybridized carbons (Fsp3) is 0.417. The van der Waals surface area contributed by atoms with Gasteiger partial charge in [0, 0.05) is 61.9 Å². The third-order valence-corrected chi connectivity index (χ3v) is 10.1. The molecule has 1 saturated heterocycles. The van der Waals surface area contributed by atoms with Gasteiger partial charge in [0.2, 0.25) is 11.8 Å². The van der Waals surface area contributed by atoms with E-state index in [-0.39, 0.29) is 29.5 Å². The number of aliphatic imine (C=N–C) groups is 1. The first-order chi connectivity index (χ1) is 23.6. The van der Waals surface area contributed by atoms with Crippen LogP contribution >= 0.6 is 11.3 Å².